The number of likely N-dealkylation sites (tertiary alicyclic amines) is 1. The summed E-state index contributed by atoms with van der Waals surface area (Å²) in [6, 6.07) is 0. The first-order valence-electron chi connectivity index (χ1n) is 12.6. The minimum Gasteiger partial charge on any atom is -0.384 e. The Bertz CT molecular complexity index is 1210. The number of carbonyl (C=O) groups is 1. The van der Waals surface area contributed by atoms with Crippen LogP contribution in [0.4, 0.5) is 0 Å². The summed E-state index contributed by atoms with van der Waals surface area (Å²) in [6.45, 7) is 1.13. The monoisotopic (exact) mass is 547 g/mol. The smallest absolute Gasteiger partial charge is 0.373 e. The molecule has 0 aromatic carbocycles. The Labute approximate surface area is 224 Å². The largest absolute Gasteiger partial charge is 0.384 e. The van der Waals surface area contributed by atoms with E-state index in [-0.39, 0.29) is 30.6 Å². The number of aliphatic hydroxyl groups is 2. The Kier molecular flexibility index (Phi) is 9.10. The molecule has 0 bridgehead atoms. The van der Waals surface area contributed by atoms with Crippen molar-refractivity contribution in [2.45, 2.75) is 69.0 Å². The van der Waals surface area contributed by atoms with Gasteiger partial charge in [-0.1, -0.05) is 31.6 Å². The Morgan fingerprint density at radius 1 is 1.24 bits per heavy atom. The quantitative estimate of drug-likeness (QED) is 0.377. The number of hydrogen-bond acceptors (Lipinski definition) is 10. The second-order valence-corrected chi connectivity index (χ2v) is 10.1. The number of nitrogens with zero attached hydrogens (tertiary/aromatic N) is 5. The zero-order valence-corrected chi connectivity index (χ0v) is 21.5. The second kappa shape index (κ2) is 12.3. The molecule has 12 nitrogen and oxygen atoms in total. The molecule has 2 aliphatic heterocycles. The van der Waals surface area contributed by atoms with Crippen molar-refractivity contribution in [1.29, 1.82) is 0 Å². The van der Waals surface area contributed by atoms with E-state index in [0.717, 1.165) is 50.9 Å². The van der Waals surface area contributed by atoms with Gasteiger partial charge in [-0.2, -0.15) is 14.6 Å². The average Bonchev–Trinajstić information content (AvgIpc) is 3.70. The molecule has 1 amide bonds. The lowest BCUT2D eigenvalue weighted by molar-refractivity contribution is -0.191. The summed E-state index contributed by atoms with van der Waals surface area (Å²) < 4.78 is 13.0. The van der Waals surface area contributed by atoms with E-state index in [1.807, 2.05) is 0 Å². The number of carbonyl (C=O) groups excluding carboxylic acids is 3. The van der Waals surface area contributed by atoms with E-state index < -0.39 is 24.0 Å². The molecule has 4 atom stereocenters. The number of hydrogen-bond donors (Lipinski definition) is 2. The molecule has 204 valence electrons. The Hall–Kier alpha value is -2.91. The van der Waals surface area contributed by atoms with Crippen LogP contribution < -0.4 is 0 Å². The van der Waals surface area contributed by atoms with E-state index in [4.69, 9.17) is 37.1 Å². The molecule has 5 rings (SSSR count). The van der Waals surface area contributed by atoms with Crippen molar-refractivity contribution in [3.63, 3.8) is 0 Å². The lowest BCUT2D eigenvalue weighted by atomic mass is 9.93. The van der Waals surface area contributed by atoms with E-state index >= 15 is 0 Å². The standard InChI is InChI=1S/C24H30ClN5O5.CO2/c1-2-24(33)17(12-34-13-18(31)29-9-5-6-10-29)35-22(20(24)32)30-14-26-19-16(11-15-7-3-4-8-15)27-23(25)28-21(19)30;2-1-3/h1,14-15,17,20,22,32-33H,3-13H2;/t17-,20+,22-,24-;/m1./s1. The van der Waals surface area contributed by atoms with Gasteiger partial charge in [0, 0.05) is 13.1 Å². The predicted octanol–water partition coefficient (Wildman–Crippen LogP) is 0.890. The minimum absolute atomic E-state index is 0.0762. The SMILES string of the molecule is C#C[C@@]1(O)[C@@H](COCC(=O)N2CCCC2)O[C@@H](n2cnc3c(CC4CCCC4)nc(Cl)nc32)[C@@H]1O.O=C=O. The van der Waals surface area contributed by atoms with Crippen molar-refractivity contribution in [3.8, 4) is 12.3 Å². The molecule has 2 aromatic heterocycles. The number of fused-ring (bicyclic) bond motifs is 1. The van der Waals surface area contributed by atoms with Crippen LogP contribution in [0.15, 0.2) is 6.33 Å². The van der Waals surface area contributed by atoms with Crippen LogP contribution in [-0.2, 0) is 30.3 Å². The summed E-state index contributed by atoms with van der Waals surface area (Å²) >= 11 is 6.24. The van der Waals surface area contributed by atoms with Crippen LogP contribution in [0.3, 0.4) is 0 Å². The molecular formula is C25H30ClN5O7. The molecule has 2 N–H and O–H groups in total. The molecule has 0 spiro atoms. The van der Waals surface area contributed by atoms with Gasteiger partial charge in [-0.15, -0.1) is 6.42 Å². The Balaban J connectivity index is 0.00000107. The van der Waals surface area contributed by atoms with E-state index in [1.165, 1.54) is 23.7 Å². The lowest BCUT2D eigenvalue weighted by Gasteiger charge is -2.25. The fraction of sp³-hybridized carbons (Fsp3) is 0.640. The molecule has 13 heteroatoms. The van der Waals surface area contributed by atoms with Crippen LogP contribution in [0.5, 0.6) is 0 Å². The van der Waals surface area contributed by atoms with Gasteiger partial charge in [0.15, 0.2) is 17.5 Å². The van der Waals surface area contributed by atoms with Crippen molar-refractivity contribution in [2.24, 2.45) is 5.92 Å². The number of aromatic nitrogens is 4. The topological polar surface area (TPSA) is 157 Å². The molecule has 0 radical (unpaired) electrons. The maximum Gasteiger partial charge on any atom is 0.373 e. The summed E-state index contributed by atoms with van der Waals surface area (Å²) in [5.74, 6) is 2.66. The number of halogens is 1. The molecule has 2 aromatic rings. The average molecular weight is 548 g/mol. The number of aliphatic hydroxyl groups excluding tert-OH is 1. The Morgan fingerprint density at radius 3 is 2.58 bits per heavy atom. The summed E-state index contributed by atoms with van der Waals surface area (Å²) in [5.41, 5.74) is -0.295. The van der Waals surface area contributed by atoms with Gasteiger partial charge in [-0.3, -0.25) is 9.36 Å². The normalized spacial score (nSPS) is 27.2. The van der Waals surface area contributed by atoms with Gasteiger partial charge in [0.1, 0.15) is 24.3 Å². The maximum atomic E-state index is 12.3. The second-order valence-electron chi connectivity index (χ2n) is 9.73. The fourth-order valence-corrected chi connectivity index (χ4v) is 5.57. The van der Waals surface area contributed by atoms with Crippen LogP contribution in [-0.4, -0.2) is 90.8 Å². The maximum absolute atomic E-state index is 12.3. The highest BCUT2D eigenvalue weighted by Crippen LogP contribution is 2.39. The van der Waals surface area contributed by atoms with Gasteiger partial charge in [0.2, 0.25) is 11.2 Å². The minimum atomic E-state index is -2.03. The van der Waals surface area contributed by atoms with Gasteiger partial charge < -0.3 is 24.6 Å². The summed E-state index contributed by atoms with van der Waals surface area (Å²) in [5, 5.41) is 22.1. The summed E-state index contributed by atoms with van der Waals surface area (Å²) in [7, 11) is 0. The number of amides is 1. The van der Waals surface area contributed by atoms with Crippen molar-refractivity contribution >= 4 is 34.8 Å². The number of imidazole rings is 1. The van der Waals surface area contributed by atoms with Crippen molar-refractivity contribution in [3.05, 3.63) is 17.3 Å². The van der Waals surface area contributed by atoms with Gasteiger partial charge in [-0.05, 0) is 36.8 Å². The zero-order valence-electron chi connectivity index (χ0n) is 20.8. The highest BCUT2D eigenvalue weighted by atomic mass is 35.5. The molecule has 0 unspecified atom stereocenters. The van der Waals surface area contributed by atoms with Crippen LogP contribution in [0, 0.1) is 18.3 Å². The Morgan fingerprint density at radius 2 is 1.92 bits per heavy atom. The third-order valence-electron chi connectivity index (χ3n) is 7.40. The van der Waals surface area contributed by atoms with Gasteiger partial charge in [0.25, 0.3) is 0 Å². The molecule has 2 saturated heterocycles. The first kappa shape index (κ1) is 28.1. The molecule has 1 saturated carbocycles. The van der Waals surface area contributed by atoms with Crippen molar-refractivity contribution in [2.75, 3.05) is 26.3 Å². The molecule has 1 aliphatic carbocycles. The molecule has 4 heterocycles. The first-order chi connectivity index (χ1) is 18.3. The van der Waals surface area contributed by atoms with E-state index in [2.05, 4.69) is 20.9 Å². The molecule has 38 heavy (non-hydrogen) atoms. The molecule has 3 aliphatic rings. The van der Waals surface area contributed by atoms with Gasteiger partial charge in [-0.25, -0.2) is 9.97 Å². The van der Waals surface area contributed by atoms with E-state index in [0.29, 0.717) is 17.1 Å². The van der Waals surface area contributed by atoms with Crippen molar-refractivity contribution < 1.29 is 34.1 Å². The van der Waals surface area contributed by atoms with Crippen LogP contribution >= 0.6 is 11.6 Å². The number of terminal acetylenes is 1. The number of ether oxygens (including phenoxy) is 2. The predicted molar refractivity (Wildman–Crippen MR) is 131 cm³/mol. The third-order valence-corrected chi connectivity index (χ3v) is 7.57. The molecular weight excluding hydrogens is 518 g/mol. The lowest BCUT2D eigenvalue weighted by Crippen LogP contribution is -2.48. The first-order valence-corrected chi connectivity index (χ1v) is 13.0. The van der Waals surface area contributed by atoms with Crippen LogP contribution in [0.1, 0.15) is 50.4 Å². The summed E-state index contributed by atoms with van der Waals surface area (Å²) in [6.07, 6.45) is 11.1. The third kappa shape index (κ3) is 5.73. The highest BCUT2D eigenvalue weighted by molar-refractivity contribution is 6.28. The van der Waals surface area contributed by atoms with E-state index in [9.17, 15) is 15.0 Å². The van der Waals surface area contributed by atoms with Crippen LogP contribution in [0.25, 0.3) is 11.2 Å². The van der Waals surface area contributed by atoms with Crippen LogP contribution in [0.2, 0.25) is 5.28 Å². The van der Waals surface area contributed by atoms with Gasteiger partial charge >= 0.3 is 6.15 Å². The van der Waals surface area contributed by atoms with E-state index in [1.54, 1.807) is 4.90 Å². The van der Waals surface area contributed by atoms with Gasteiger partial charge in [0.05, 0.1) is 18.6 Å². The fourth-order valence-electron chi connectivity index (χ4n) is 5.39. The van der Waals surface area contributed by atoms with Crippen molar-refractivity contribution in [1.82, 2.24) is 24.4 Å². The summed E-state index contributed by atoms with van der Waals surface area (Å²) in [4.78, 5) is 43.5. The zero-order chi connectivity index (χ0) is 27.3. The molecule has 3 fully saturated rings. The number of rotatable bonds is 7. The highest BCUT2D eigenvalue weighted by Gasteiger charge is 2.55.